The number of ether oxygens (including phenoxy) is 2. The third-order valence-corrected chi connectivity index (χ3v) is 4.50. The third kappa shape index (κ3) is 5.89. The van der Waals surface area contributed by atoms with Gasteiger partial charge in [0.15, 0.2) is 6.54 Å². The summed E-state index contributed by atoms with van der Waals surface area (Å²) in [6.45, 7) is 4.14. The largest absolute Gasteiger partial charge is 0.497 e. The normalized spacial score (nSPS) is 11.6. The molecule has 2 rings (SSSR count). The first kappa shape index (κ1) is 20.6. The topological polar surface area (TPSA) is 55.2 Å². The van der Waals surface area contributed by atoms with E-state index in [4.69, 9.17) is 9.47 Å². The Morgan fingerprint density at radius 2 is 1.78 bits per heavy atom. The van der Waals surface area contributed by atoms with Crippen LogP contribution >= 0.6 is 0 Å². The monoisotopic (exact) mass is 372 g/mol. The molecular formula is C21H30N3O3+. The van der Waals surface area contributed by atoms with Gasteiger partial charge in [-0.25, -0.2) is 0 Å². The SMILES string of the molecule is CC[NH+](CC(=O)Nc1ccc(OC)cc1OC)Cc1ccc(N(C)C)cc1. The molecule has 0 fully saturated rings. The molecule has 0 aliphatic heterocycles. The minimum atomic E-state index is -0.0415. The van der Waals surface area contributed by atoms with Crippen molar-refractivity contribution in [2.75, 3.05) is 51.6 Å². The standard InChI is InChI=1S/C21H29N3O3/c1-6-24(14-16-7-9-17(10-8-16)23(2)3)15-21(25)22-19-12-11-18(26-4)13-20(19)27-5/h7-13H,6,14-15H2,1-5H3,(H,22,25)/p+1. The number of methoxy groups -OCH3 is 2. The van der Waals surface area contributed by atoms with Gasteiger partial charge in [-0.05, 0) is 31.2 Å². The highest BCUT2D eigenvalue weighted by Crippen LogP contribution is 2.28. The van der Waals surface area contributed by atoms with Crippen LogP contribution in [-0.4, -0.2) is 47.3 Å². The molecule has 146 valence electrons. The van der Waals surface area contributed by atoms with Gasteiger partial charge in [0.1, 0.15) is 18.0 Å². The maximum atomic E-state index is 12.5. The van der Waals surface area contributed by atoms with Crippen molar-refractivity contribution in [3.63, 3.8) is 0 Å². The summed E-state index contributed by atoms with van der Waals surface area (Å²) in [5.41, 5.74) is 3.03. The molecule has 1 unspecified atom stereocenters. The van der Waals surface area contributed by atoms with Gasteiger partial charge >= 0.3 is 0 Å². The van der Waals surface area contributed by atoms with E-state index in [2.05, 4.69) is 41.4 Å². The maximum absolute atomic E-state index is 12.5. The minimum absolute atomic E-state index is 0.0415. The van der Waals surface area contributed by atoms with Gasteiger partial charge < -0.3 is 24.6 Å². The van der Waals surface area contributed by atoms with Crippen molar-refractivity contribution in [2.24, 2.45) is 0 Å². The zero-order valence-electron chi connectivity index (χ0n) is 16.8. The summed E-state index contributed by atoms with van der Waals surface area (Å²) in [5, 5.41) is 2.94. The van der Waals surface area contributed by atoms with Crippen molar-refractivity contribution in [1.82, 2.24) is 0 Å². The Morgan fingerprint density at radius 1 is 1.07 bits per heavy atom. The lowest BCUT2D eigenvalue weighted by molar-refractivity contribution is -0.903. The Morgan fingerprint density at radius 3 is 2.33 bits per heavy atom. The molecule has 0 aliphatic carbocycles. The summed E-state index contributed by atoms with van der Waals surface area (Å²) >= 11 is 0. The molecule has 0 aliphatic rings. The van der Waals surface area contributed by atoms with Gasteiger partial charge in [-0.15, -0.1) is 0 Å². The average molecular weight is 372 g/mol. The van der Waals surface area contributed by atoms with E-state index in [1.165, 1.54) is 16.2 Å². The van der Waals surface area contributed by atoms with Gasteiger partial charge in [0.25, 0.3) is 5.91 Å². The summed E-state index contributed by atoms with van der Waals surface area (Å²) in [6.07, 6.45) is 0. The summed E-state index contributed by atoms with van der Waals surface area (Å²) in [6, 6.07) is 13.8. The molecule has 0 bridgehead atoms. The van der Waals surface area contributed by atoms with Crippen LogP contribution in [0.15, 0.2) is 42.5 Å². The quantitative estimate of drug-likeness (QED) is 0.705. The Hall–Kier alpha value is -2.73. The molecule has 1 amide bonds. The van der Waals surface area contributed by atoms with Gasteiger partial charge in [-0.1, -0.05) is 12.1 Å². The number of quaternary nitrogens is 1. The second-order valence-corrected chi connectivity index (χ2v) is 6.63. The molecule has 0 radical (unpaired) electrons. The lowest BCUT2D eigenvalue weighted by atomic mass is 10.2. The highest BCUT2D eigenvalue weighted by molar-refractivity contribution is 5.93. The van der Waals surface area contributed by atoms with E-state index < -0.39 is 0 Å². The number of carbonyl (C=O) groups is 1. The molecular weight excluding hydrogens is 342 g/mol. The fourth-order valence-electron chi connectivity index (χ4n) is 2.84. The van der Waals surface area contributed by atoms with E-state index in [1.807, 2.05) is 14.1 Å². The lowest BCUT2D eigenvalue weighted by Crippen LogP contribution is -3.11. The highest BCUT2D eigenvalue weighted by atomic mass is 16.5. The molecule has 0 aromatic heterocycles. The summed E-state index contributed by atoms with van der Waals surface area (Å²) in [7, 11) is 7.22. The first-order valence-electron chi connectivity index (χ1n) is 9.08. The zero-order valence-corrected chi connectivity index (χ0v) is 16.8. The van der Waals surface area contributed by atoms with E-state index in [9.17, 15) is 4.79 Å². The van der Waals surface area contributed by atoms with Crippen LogP contribution in [0.5, 0.6) is 11.5 Å². The minimum Gasteiger partial charge on any atom is -0.497 e. The van der Waals surface area contributed by atoms with E-state index in [1.54, 1.807) is 32.4 Å². The Kier molecular flexibility index (Phi) is 7.49. The van der Waals surface area contributed by atoms with Crippen LogP contribution in [0.3, 0.4) is 0 Å². The molecule has 0 spiro atoms. The van der Waals surface area contributed by atoms with Gasteiger partial charge in [0.2, 0.25) is 0 Å². The number of benzene rings is 2. The fraction of sp³-hybridized carbons (Fsp3) is 0.381. The van der Waals surface area contributed by atoms with Crippen LogP contribution in [0.25, 0.3) is 0 Å². The van der Waals surface area contributed by atoms with Crippen molar-refractivity contribution in [3.8, 4) is 11.5 Å². The maximum Gasteiger partial charge on any atom is 0.279 e. The van der Waals surface area contributed by atoms with Crippen molar-refractivity contribution < 1.29 is 19.2 Å². The second kappa shape index (κ2) is 9.83. The molecule has 2 aromatic carbocycles. The van der Waals surface area contributed by atoms with Crippen LogP contribution < -0.4 is 24.6 Å². The first-order chi connectivity index (χ1) is 13.0. The van der Waals surface area contributed by atoms with E-state index in [0.717, 1.165) is 13.1 Å². The number of hydrogen-bond acceptors (Lipinski definition) is 4. The second-order valence-electron chi connectivity index (χ2n) is 6.63. The molecule has 27 heavy (non-hydrogen) atoms. The van der Waals surface area contributed by atoms with Crippen LogP contribution in [0, 0.1) is 0 Å². The number of likely N-dealkylation sites (N-methyl/N-ethyl adjacent to an activating group) is 1. The summed E-state index contributed by atoms with van der Waals surface area (Å²) in [5.74, 6) is 1.23. The number of rotatable bonds is 9. The van der Waals surface area contributed by atoms with Crippen molar-refractivity contribution in [3.05, 3.63) is 48.0 Å². The average Bonchev–Trinajstić information content (AvgIpc) is 2.68. The predicted octanol–water partition coefficient (Wildman–Crippen LogP) is 1.81. The van der Waals surface area contributed by atoms with E-state index in [-0.39, 0.29) is 5.91 Å². The van der Waals surface area contributed by atoms with Crippen LogP contribution in [0.4, 0.5) is 11.4 Å². The van der Waals surface area contributed by atoms with Gasteiger partial charge in [0.05, 0.1) is 26.5 Å². The number of amides is 1. The smallest absolute Gasteiger partial charge is 0.279 e. The van der Waals surface area contributed by atoms with Crippen LogP contribution in [0.1, 0.15) is 12.5 Å². The Bertz CT molecular complexity index is 745. The first-order valence-corrected chi connectivity index (χ1v) is 9.08. The third-order valence-electron chi connectivity index (χ3n) is 4.50. The Balaban J connectivity index is 1.98. The Labute approximate surface area is 161 Å². The molecule has 6 heteroatoms. The molecule has 6 nitrogen and oxygen atoms in total. The van der Waals surface area contributed by atoms with Crippen molar-refractivity contribution >= 4 is 17.3 Å². The predicted molar refractivity (Wildman–Crippen MR) is 109 cm³/mol. The number of nitrogens with one attached hydrogen (secondary N) is 2. The number of nitrogens with zero attached hydrogens (tertiary/aromatic N) is 1. The van der Waals surface area contributed by atoms with Crippen molar-refractivity contribution in [2.45, 2.75) is 13.5 Å². The van der Waals surface area contributed by atoms with Gasteiger partial charge in [-0.3, -0.25) is 4.79 Å². The molecule has 1 atom stereocenters. The molecule has 0 heterocycles. The van der Waals surface area contributed by atoms with Gasteiger partial charge in [-0.2, -0.15) is 0 Å². The van der Waals surface area contributed by atoms with E-state index in [0.29, 0.717) is 23.7 Å². The van der Waals surface area contributed by atoms with Crippen molar-refractivity contribution in [1.29, 1.82) is 0 Å². The van der Waals surface area contributed by atoms with Crippen LogP contribution in [0.2, 0.25) is 0 Å². The molecule has 0 saturated heterocycles. The molecule has 2 N–H and O–H groups in total. The van der Waals surface area contributed by atoms with Gasteiger partial charge in [0, 0.05) is 31.4 Å². The summed E-state index contributed by atoms with van der Waals surface area (Å²) < 4.78 is 10.5. The van der Waals surface area contributed by atoms with Crippen LogP contribution in [-0.2, 0) is 11.3 Å². The fourth-order valence-corrected chi connectivity index (χ4v) is 2.84. The number of carbonyl (C=O) groups excluding carboxylic acids is 1. The molecule has 2 aromatic rings. The highest BCUT2D eigenvalue weighted by Gasteiger charge is 2.15. The summed E-state index contributed by atoms with van der Waals surface area (Å²) in [4.78, 5) is 15.8. The number of anilines is 2. The van der Waals surface area contributed by atoms with E-state index >= 15 is 0 Å². The molecule has 0 saturated carbocycles. The lowest BCUT2D eigenvalue weighted by Gasteiger charge is -2.19. The number of hydrogen-bond donors (Lipinski definition) is 2. The zero-order chi connectivity index (χ0) is 19.8.